The van der Waals surface area contributed by atoms with Gasteiger partial charge in [0.2, 0.25) is 0 Å². The zero-order valence-electron chi connectivity index (χ0n) is 13.8. The molecule has 0 spiro atoms. The molecule has 22 heavy (non-hydrogen) atoms. The van der Waals surface area contributed by atoms with E-state index in [1.807, 2.05) is 45.0 Å². The highest BCUT2D eigenvalue weighted by molar-refractivity contribution is 5.68. The van der Waals surface area contributed by atoms with Crippen LogP contribution < -0.4 is 9.47 Å². The molecule has 0 unspecified atom stereocenters. The van der Waals surface area contributed by atoms with Crippen LogP contribution in [0.25, 0.3) is 0 Å². The van der Waals surface area contributed by atoms with Crippen LogP contribution in [-0.4, -0.2) is 42.9 Å². The van der Waals surface area contributed by atoms with Crippen LogP contribution in [0.5, 0.6) is 11.5 Å². The third-order valence-corrected chi connectivity index (χ3v) is 3.44. The zero-order valence-corrected chi connectivity index (χ0v) is 13.8. The van der Waals surface area contributed by atoms with E-state index in [9.17, 15) is 4.79 Å². The smallest absolute Gasteiger partial charge is 0.410 e. The van der Waals surface area contributed by atoms with Gasteiger partial charge in [0.25, 0.3) is 0 Å². The Morgan fingerprint density at radius 1 is 1.18 bits per heavy atom. The number of piperidine rings is 1. The van der Waals surface area contributed by atoms with Gasteiger partial charge in [-0.2, -0.15) is 0 Å². The summed E-state index contributed by atoms with van der Waals surface area (Å²) >= 11 is 0. The first-order valence-electron chi connectivity index (χ1n) is 7.66. The molecule has 0 aromatic heterocycles. The predicted octanol–water partition coefficient (Wildman–Crippen LogP) is 3.47. The fraction of sp³-hybridized carbons (Fsp3) is 0.588. The summed E-state index contributed by atoms with van der Waals surface area (Å²) in [6, 6.07) is 7.59. The van der Waals surface area contributed by atoms with Gasteiger partial charge in [0.1, 0.15) is 23.2 Å². The van der Waals surface area contributed by atoms with Crippen molar-refractivity contribution < 1.29 is 19.0 Å². The van der Waals surface area contributed by atoms with E-state index >= 15 is 0 Å². The summed E-state index contributed by atoms with van der Waals surface area (Å²) in [5, 5.41) is 0. The number of rotatable bonds is 3. The van der Waals surface area contributed by atoms with E-state index in [-0.39, 0.29) is 12.2 Å². The number of methoxy groups -OCH3 is 1. The van der Waals surface area contributed by atoms with Gasteiger partial charge in [0.15, 0.2) is 0 Å². The van der Waals surface area contributed by atoms with Crippen molar-refractivity contribution in [2.45, 2.75) is 45.3 Å². The lowest BCUT2D eigenvalue weighted by atomic mass is 10.1. The van der Waals surface area contributed by atoms with E-state index in [0.717, 1.165) is 24.3 Å². The topological polar surface area (TPSA) is 48.0 Å². The van der Waals surface area contributed by atoms with Crippen LogP contribution in [0, 0.1) is 0 Å². The summed E-state index contributed by atoms with van der Waals surface area (Å²) in [7, 11) is 1.64. The van der Waals surface area contributed by atoms with Crippen molar-refractivity contribution in [3.05, 3.63) is 24.3 Å². The van der Waals surface area contributed by atoms with Crippen molar-refractivity contribution in [2.75, 3.05) is 20.2 Å². The second-order valence-electron chi connectivity index (χ2n) is 6.46. The van der Waals surface area contributed by atoms with Gasteiger partial charge in [-0.15, -0.1) is 0 Å². The molecule has 0 saturated carbocycles. The molecule has 0 N–H and O–H groups in total. The van der Waals surface area contributed by atoms with Gasteiger partial charge < -0.3 is 19.1 Å². The zero-order chi connectivity index (χ0) is 16.2. The third-order valence-electron chi connectivity index (χ3n) is 3.44. The monoisotopic (exact) mass is 307 g/mol. The molecule has 122 valence electrons. The van der Waals surface area contributed by atoms with E-state index in [4.69, 9.17) is 14.2 Å². The first-order chi connectivity index (χ1) is 10.4. The number of hydrogen-bond donors (Lipinski definition) is 0. The van der Waals surface area contributed by atoms with Crippen LogP contribution in [-0.2, 0) is 4.74 Å². The Labute approximate surface area is 132 Å². The van der Waals surface area contributed by atoms with Crippen LogP contribution in [0.2, 0.25) is 0 Å². The molecule has 1 amide bonds. The van der Waals surface area contributed by atoms with Crippen molar-refractivity contribution >= 4 is 6.09 Å². The minimum Gasteiger partial charge on any atom is -0.497 e. The van der Waals surface area contributed by atoms with Gasteiger partial charge in [-0.1, -0.05) is 6.07 Å². The molecular weight excluding hydrogens is 282 g/mol. The first kappa shape index (κ1) is 16.5. The predicted molar refractivity (Wildman–Crippen MR) is 84.5 cm³/mol. The highest BCUT2D eigenvalue weighted by atomic mass is 16.6. The molecule has 0 aliphatic carbocycles. The summed E-state index contributed by atoms with van der Waals surface area (Å²) < 4.78 is 16.5. The molecule has 1 aliphatic rings. The minimum absolute atomic E-state index is 0.116. The Morgan fingerprint density at radius 2 is 1.82 bits per heavy atom. The largest absolute Gasteiger partial charge is 0.497 e. The average molecular weight is 307 g/mol. The summed E-state index contributed by atoms with van der Waals surface area (Å²) in [5.74, 6) is 1.58. The van der Waals surface area contributed by atoms with Crippen molar-refractivity contribution in [1.82, 2.24) is 4.90 Å². The van der Waals surface area contributed by atoms with Crippen LogP contribution >= 0.6 is 0 Å². The van der Waals surface area contributed by atoms with Crippen LogP contribution in [0.15, 0.2) is 24.3 Å². The van der Waals surface area contributed by atoms with Gasteiger partial charge >= 0.3 is 6.09 Å². The molecule has 1 aromatic carbocycles. The number of benzene rings is 1. The van der Waals surface area contributed by atoms with Gasteiger partial charge in [-0.3, -0.25) is 0 Å². The molecule has 1 fully saturated rings. The van der Waals surface area contributed by atoms with Gasteiger partial charge in [-0.05, 0) is 32.9 Å². The Kier molecular flexibility index (Phi) is 5.16. The maximum absolute atomic E-state index is 12.0. The van der Waals surface area contributed by atoms with E-state index in [2.05, 4.69) is 0 Å². The molecule has 0 radical (unpaired) electrons. The number of nitrogens with zero attached hydrogens (tertiary/aromatic N) is 1. The van der Waals surface area contributed by atoms with Crippen LogP contribution in [0.3, 0.4) is 0 Å². The lowest BCUT2D eigenvalue weighted by Crippen LogP contribution is -2.44. The summed E-state index contributed by atoms with van der Waals surface area (Å²) in [4.78, 5) is 13.8. The number of carbonyl (C=O) groups is 1. The molecule has 1 aromatic rings. The number of carbonyl (C=O) groups excluding carboxylic acids is 1. The summed E-state index contributed by atoms with van der Waals surface area (Å²) in [6.45, 7) is 6.95. The number of likely N-dealkylation sites (tertiary alicyclic amines) is 1. The average Bonchev–Trinajstić information content (AvgIpc) is 2.46. The number of amides is 1. The van der Waals surface area contributed by atoms with Gasteiger partial charge in [-0.25, -0.2) is 4.79 Å². The quantitative estimate of drug-likeness (QED) is 0.858. The molecule has 1 aliphatic heterocycles. The molecule has 2 rings (SSSR count). The van der Waals surface area contributed by atoms with Gasteiger partial charge in [0, 0.05) is 32.0 Å². The fourth-order valence-corrected chi connectivity index (χ4v) is 2.35. The highest BCUT2D eigenvalue weighted by Crippen LogP contribution is 2.23. The van der Waals surface area contributed by atoms with Crippen molar-refractivity contribution in [3.8, 4) is 11.5 Å². The van der Waals surface area contributed by atoms with Crippen LogP contribution in [0.1, 0.15) is 33.6 Å². The van der Waals surface area contributed by atoms with Crippen LogP contribution in [0.4, 0.5) is 4.79 Å². The molecule has 0 atom stereocenters. The minimum atomic E-state index is -0.453. The molecule has 5 heteroatoms. The second-order valence-corrected chi connectivity index (χ2v) is 6.46. The molecular formula is C17H25NO4. The summed E-state index contributed by atoms with van der Waals surface area (Å²) in [6.07, 6.45) is 1.48. The molecule has 0 bridgehead atoms. The number of hydrogen-bond acceptors (Lipinski definition) is 4. The second kappa shape index (κ2) is 6.90. The maximum atomic E-state index is 12.0. The summed E-state index contributed by atoms with van der Waals surface area (Å²) in [5.41, 5.74) is -0.453. The number of ether oxygens (including phenoxy) is 3. The highest BCUT2D eigenvalue weighted by Gasteiger charge is 2.27. The molecule has 5 nitrogen and oxygen atoms in total. The Morgan fingerprint density at radius 3 is 2.41 bits per heavy atom. The Balaban J connectivity index is 1.83. The van der Waals surface area contributed by atoms with Gasteiger partial charge in [0.05, 0.1) is 7.11 Å². The molecule has 1 saturated heterocycles. The van der Waals surface area contributed by atoms with Crippen molar-refractivity contribution in [1.29, 1.82) is 0 Å². The fourth-order valence-electron chi connectivity index (χ4n) is 2.35. The van der Waals surface area contributed by atoms with E-state index in [1.54, 1.807) is 12.0 Å². The van der Waals surface area contributed by atoms with E-state index in [1.165, 1.54) is 0 Å². The van der Waals surface area contributed by atoms with Crippen molar-refractivity contribution in [3.63, 3.8) is 0 Å². The SMILES string of the molecule is COc1cccc(OC2CCN(C(=O)OC(C)(C)C)CC2)c1. The third kappa shape index (κ3) is 4.83. The maximum Gasteiger partial charge on any atom is 0.410 e. The molecule has 1 heterocycles. The Bertz CT molecular complexity index is 502. The normalized spacial score (nSPS) is 16.3. The standard InChI is InChI=1S/C17H25NO4/c1-17(2,3)22-16(19)18-10-8-13(9-11-18)21-15-7-5-6-14(12-15)20-4/h5-7,12-13H,8-11H2,1-4H3. The lowest BCUT2D eigenvalue weighted by molar-refractivity contribution is 0.0126. The Hall–Kier alpha value is -1.91. The first-order valence-corrected chi connectivity index (χ1v) is 7.66. The van der Waals surface area contributed by atoms with E-state index < -0.39 is 5.60 Å². The van der Waals surface area contributed by atoms with E-state index in [0.29, 0.717) is 13.1 Å². The lowest BCUT2D eigenvalue weighted by Gasteiger charge is -2.33. The van der Waals surface area contributed by atoms with Crippen molar-refractivity contribution in [2.24, 2.45) is 0 Å².